The maximum atomic E-state index is 14.3. The van der Waals surface area contributed by atoms with E-state index in [0.29, 0.717) is 13.1 Å². The van der Waals surface area contributed by atoms with E-state index in [1.807, 2.05) is 30.3 Å². The lowest BCUT2D eigenvalue weighted by Crippen LogP contribution is -2.58. The van der Waals surface area contributed by atoms with Crippen LogP contribution in [0.2, 0.25) is 0 Å². The summed E-state index contributed by atoms with van der Waals surface area (Å²) in [6, 6.07) is 8.42. The zero-order valence-corrected chi connectivity index (χ0v) is 20.9. The van der Waals surface area contributed by atoms with Gasteiger partial charge in [0.25, 0.3) is 0 Å². The number of carbonyl (C=O) groups excluding carboxylic acids is 3. The lowest BCUT2D eigenvalue weighted by atomic mass is 9.66. The van der Waals surface area contributed by atoms with Crippen LogP contribution in [-0.4, -0.2) is 74.5 Å². The van der Waals surface area contributed by atoms with Gasteiger partial charge in [0.05, 0.1) is 35.8 Å². The molecule has 2 amide bonds. The monoisotopic (exact) mass is 486 g/mol. The second-order valence-corrected chi connectivity index (χ2v) is 11.1. The van der Waals surface area contributed by atoms with Crippen molar-refractivity contribution in [3.05, 3.63) is 48.6 Å². The summed E-state index contributed by atoms with van der Waals surface area (Å²) in [6.45, 7) is 10.2. The molecule has 1 aromatic carbocycles. The molecule has 3 aliphatic heterocycles. The third-order valence-electron chi connectivity index (χ3n) is 7.59. The van der Waals surface area contributed by atoms with E-state index in [4.69, 9.17) is 4.74 Å². The third kappa shape index (κ3) is 3.75. The Morgan fingerprint density at radius 3 is 2.71 bits per heavy atom. The summed E-state index contributed by atoms with van der Waals surface area (Å²) in [5, 5.41) is 9.96. The minimum atomic E-state index is -0.764. The lowest BCUT2D eigenvalue weighted by molar-refractivity contribution is -0.154. The van der Waals surface area contributed by atoms with Gasteiger partial charge in [-0.3, -0.25) is 14.4 Å². The molecular weight excluding hydrogens is 452 g/mol. The van der Waals surface area contributed by atoms with E-state index in [0.717, 1.165) is 12.0 Å². The highest BCUT2D eigenvalue weighted by atomic mass is 32.2. The third-order valence-corrected chi connectivity index (χ3v) is 9.67. The standard InChI is InChI=1S/C26H34N2O5S/c1-5-12-27(14-18-10-8-7-9-11-18)24(31)22-26-16(3)13-19(34-26)20(25(32)33-6-2)21(26)23(30)28(22)17(4)15-29/h5,7-11,16-17,19-22,29H,1,6,12-15H2,2-4H3/t16?,17-,19+,20-,21+,22?,26?/m1/s1. The van der Waals surface area contributed by atoms with Crippen LogP contribution in [0.4, 0.5) is 0 Å². The van der Waals surface area contributed by atoms with Gasteiger partial charge in [-0.1, -0.05) is 43.3 Å². The number of esters is 1. The van der Waals surface area contributed by atoms with Crippen LogP contribution in [-0.2, 0) is 25.7 Å². The van der Waals surface area contributed by atoms with Crippen molar-refractivity contribution in [2.75, 3.05) is 19.8 Å². The molecular formula is C26H34N2O5S. The Hall–Kier alpha value is -2.32. The number of fused-ring (bicyclic) bond motifs is 1. The van der Waals surface area contributed by atoms with Crippen molar-refractivity contribution in [1.82, 2.24) is 9.80 Å². The number of amides is 2. The molecule has 0 aromatic heterocycles. The summed E-state index contributed by atoms with van der Waals surface area (Å²) in [5.41, 5.74) is 0.985. The van der Waals surface area contributed by atoms with Crippen molar-refractivity contribution in [3.63, 3.8) is 0 Å². The fourth-order valence-electron chi connectivity index (χ4n) is 6.17. The molecule has 4 rings (SSSR count). The van der Waals surface area contributed by atoms with Crippen molar-refractivity contribution in [2.45, 2.75) is 55.8 Å². The first-order chi connectivity index (χ1) is 16.3. The first kappa shape index (κ1) is 24.8. The molecule has 3 fully saturated rings. The van der Waals surface area contributed by atoms with Gasteiger partial charge in [0.15, 0.2) is 0 Å². The van der Waals surface area contributed by atoms with Crippen LogP contribution < -0.4 is 0 Å². The van der Waals surface area contributed by atoms with E-state index in [1.54, 1.807) is 41.5 Å². The highest BCUT2D eigenvalue weighted by Crippen LogP contribution is 2.69. The van der Waals surface area contributed by atoms with Crippen molar-refractivity contribution < 1.29 is 24.2 Å². The molecule has 184 valence electrons. The molecule has 1 aromatic rings. The Morgan fingerprint density at radius 2 is 2.09 bits per heavy atom. The summed E-state index contributed by atoms with van der Waals surface area (Å²) in [5.74, 6) is -1.88. The topological polar surface area (TPSA) is 87.2 Å². The van der Waals surface area contributed by atoms with Crippen molar-refractivity contribution >= 4 is 29.5 Å². The van der Waals surface area contributed by atoms with E-state index in [-0.39, 0.29) is 42.2 Å². The number of thioether (sulfide) groups is 1. The minimum Gasteiger partial charge on any atom is -0.466 e. The zero-order valence-electron chi connectivity index (χ0n) is 20.1. The Bertz CT molecular complexity index is 956. The SMILES string of the molecule is C=CCN(Cc1ccccc1)C(=O)C1N([C@H](C)CO)C(=O)[C@@H]2[C@H](C(=O)OCC)[C@@H]3CC(C)C12S3. The first-order valence-corrected chi connectivity index (χ1v) is 12.9. The zero-order chi connectivity index (χ0) is 24.6. The normalized spacial score (nSPS) is 32.4. The minimum absolute atomic E-state index is 0.0492. The number of carbonyl (C=O) groups is 3. The summed E-state index contributed by atoms with van der Waals surface area (Å²) in [6.07, 6.45) is 2.44. The first-order valence-electron chi connectivity index (χ1n) is 12.0. The molecule has 0 radical (unpaired) electrons. The highest BCUT2D eigenvalue weighted by Gasteiger charge is 2.76. The van der Waals surface area contributed by atoms with Gasteiger partial charge in [0.2, 0.25) is 11.8 Å². The largest absolute Gasteiger partial charge is 0.466 e. The van der Waals surface area contributed by atoms with Gasteiger partial charge in [-0.15, -0.1) is 18.3 Å². The second kappa shape index (κ2) is 9.74. The van der Waals surface area contributed by atoms with Gasteiger partial charge < -0.3 is 19.6 Å². The maximum Gasteiger partial charge on any atom is 0.310 e. The van der Waals surface area contributed by atoms with E-state index in [1.165, 1.54) is 0 Å². The second-order valence-electron chi connectivity index (χ2n) is 9.57. The van der Waals surface area contributed by atoms with E-state index in [9.17, 15) is 19.5 Å². The Morgan fingerprint density at radius 1 is 1.38 bits per heavy atom. The van der Waals surface area contributed by atoms with Gasteiger partial charge in [0.1, 0.15) is 6.04 Å². The number of hydrogen-bond acceptors (Lipinski definition) is 6. The number of rotatable bonds is 9. The number of benzene rings is 1. The van der Waals surface area contributed by atoms with Crippen LogP contribution in [0.5, 0.6) is 0 Å². The lowest BCUT2D eigenvalue weighted by Gasteiger charge is -2.41. The Balaban J connectivity index is 1.77. The van der Waals surface area contributed by atoms with Gasteiger partial charge >= 0.3 is 5.97 Å². The molecule has 0 aliphatic carbocycles. The summed E-state index contributed by atoms with van der Waals surface area (Å²) in [4.78, 5) is 44.4. The summed E-state index contributed by atoms with van der Waals surface area (Å²) in [7, 11) is 0. The van der Waals surface area contributed by atoms with Crippen LogP contribution in [0.3, 0.4) is 0 Å². The molecule has 7 nitrogen and oxygen atoms in total. The number of aliphatic hydroxyl groups is 1. The molecule has 8 heteroatoms. The molecule has 0 saturated carbocycles. The van der Waals surface area contributed by atoms with E-state index < -0.39 is 28.7 Å². The molecule has 3 heterocycles. The van der Waals surface area contributed by atoms with Crippen molar-refractivity contribution in [3.8, 4) is 0 Å². The van der Waals surface area contributed by atoms with Crippen LogP contribution in [0.25, 0.3) is 0 Å². The van der Waals surface area contributed by atoms with Crippen molar-refractivity contribution in [2.24, 2.45) is 17.8 Å². The molecule has 1 N–H and O–H groups in total. The molecule has 34 heavy (non-hydrogen) atoms. The Kier molecular flexibility index (Phi) is 7.10. The predicted molar refractivity (Wildman–Crippen MR) is 131 cm³/mol. The number of hydrogen-bond donors (Lipinski definition) is 1. The van der Waals surface area contributed by atoms with E-state index in [2.05, 4.69) is 13.5 Å². The molecule has 1 spiro atoms. The number of likely N-dealkylation sites (tertiary alicyclic amines) is 1. The van der Waals surface area contributed by atoms with Gasteiger partial charge in [0, 0.05) is 18.3 Å². The molecule has 3 aliphatic rings. The number of ether oxygens (including phenoxy) is 1. The highest BCUT2D eigenvalue weighted by molar-refractivity contribution is 8.02. The molecule has 7 atom stereocenters. The van der Waals surface area contributed by atoms with E-state index >= 15 is 0 Å². The molecule has 3 unspecified atom stereocenters. The van der Waals surface area contributed by atoms with Gasteiger partial charge in [-0.05, 0) is 31.7 Å². The fraction of sp³-hybridized carbons (Fsp3) is 0.577. The molecule has 3 saturated heterocycles. The summed E-state index contributed by atoms with van der Waals surface area (Å²) < 4.78 is 4.64. The Labute approximate surface area is 205 Å². The summed E-state index contributed by atoms with van der Waals surface area (Å²) >= 11 is 1.62. The predicted octanol–water partition coefficient (Wildman–Crippen LogP) is 2.48. The molecule has 2 bridgehead atoms. The van der Waals surface area contributed by atoms with Gasteiger partial charge in [-0.25, -0.2) is 0 Å². The van der Waals surface area contributed by atoms with Crippen LogP contribution in [0.1, 0.15) is 32.8 Å². The smallest absolute Gasteiger partial charge is 0.310 e. The van der Waals surface area contributed by atoms with Crippen LogP contribution in [0, 0.1) is 17.8 Å². The van der Waals surface area contributed by atoms with Crippen LogP contribution >= 0.6 is 11.8 Å². The van der Waals surface area contributed by atoms with Crippen molar-refractivity contribution in [1.29, 1.82) is 0 Å². The van der Waals surface area contributed by atoms with Gasteiger partial charge in [-0.2, -0.15) is 0 Å². The average Bonchev–Trinajstić information content (AvgIpc) is 3.42. The average molecular weight is 487 g/mol. The van der Waals surface area contributed by atoms with Crippen LogP contribution in [0.15, 0.2) is 43.0 Å². The maximum absolute atomic E-state index is 14.3. The number of aliphatic hydroxyl groups excluding tert-OH is 1. The quantitative estimate of drug-likeness (QED) is 0.426. The fourth-order valence-corrected chi connectivity index (χ4v) is 8.56. The number of nitrogens with zero attached hydrogens (tertiary/aromatic N) is 2.